The van der Waals surface area contributed by atoms with E-state index < -0.39 is 0 Å². The number of amides is 1. The summed E-state index contributed by atoms with van der Waals surface area (Å²) in [6.07, 6.45) is 2.05. The number of carbonyl (C=O) groups excluding carboxylic acids is 1. The minimum absolute atomic E-state index is 0.0376. The van der Waals surface area contributed by atoms with Gasteiger partial charge in [-0.3, -0.25) is 4.79 Å². The molecule has 4 nitrogen and oxygen atoms in total. The number of likely N-dealkylation sites (N-methyl/N-ethyl adjacent to an activating group) is 1. The van der Waals surface area contributed by atoms with Crippen molar-refractivity contribution in [1.29, 1.82) is 0 Å². The van der Waals surface area contributed by atoms with E-state index in [0.29, 0.717) is 6.04 Å². The number of piperazine rings is 1. The molecule has 1 aliphatic rings. The zero-order valence-electron chi connectivity index (χ0n) is 10.0. The van der Waals surface area contributed by atoms with Crippen LogP contribution >= 0.6 is 0 Å². The summed E-state index contributed by atoms with van der Waals surface area (Å²) in [5.74, 6) is 0.218. The molecule has 0 aromatic carbocycles. The van der Waals surface area contributed by atoms with Crippen LogP contribution in [0.1, 0.15) is 26.7 Å². The van der Waals surface area contributed by atoms with Gasteiger partial charge in [-0.1, -0.05) is 13.8 Å². The molecule has 0 radical (unpaired) electrons. The van der Waals surface area contributed by atoms with Crippen LogP contribution in [0, 0.1) is 0 Å². The fraction of sp³-hybridized carbons (Fsp3) is 0.909. The van der Waals surface area contributed by atoms with E-state index in [1.54, 1.807) is 0 Å². The Morgan fingerprint density at radius 1 is 1.40 bits per heavy atom. The van der Waals surface area contributed by atoms with Crippen molar-refractivity contribution in [2.24, 2.45) is 0 Å². The van der Waals surface area contributed by atoms with Crippen molar-refractivity contribution in [3.05, 3.63) is 0 Å². The zero-order valence-corrected chi connectivity index (χ0v) is 10.0. The molecule has 0 aliphatic carbocycles. The van der Waals surface area contributed by atoms with Gasteiger partial charge in [-0.25, -0.2) is 0 Å². The SMILES string of the molecule is CCC(CC)N(C)C(=O)C1CNCCN1. The topological polar surface area (TPSA) is 44.4 Å². The summed E-state index contributed by atoms with van der Waals surface area (Å²) in [5, 5.41) is 6.48. The molecule has 4 heteroatoms. The molecule has 1 rings (SSSR count). The van der Waals surface area contributed by atoms with Gasteiger partial charge in [-0.15, -0.1) is 0 Å². The van der Waals surface area contributed by atoms with E-state index in [-0.39, 0.29) is 11.9 Å². The van der Waals surface area contributed by atoms with Gasteiger partial charge < -0.3 is 15.5 Å². The van der Waals surface area contributed by atoms with E-state index in [1.807, 2.05) is 11.9 Å². The van der Waals surface area contributed by atoms with Crippen LogP contribution in [0.25, 0.3) is 0 Å². The molecule has 1 unspecified atom stereocenters. The molecule has 1 heterocycles. The number of hydrogen-bond acceptors (Lipinski definition) is 3. The van der Waals surface area contributed by atoms with Crippen LogP contribution in [0.4, 0.5) is 0 Å². The normalized spacial score (nSPS) is 21.7. The molecule has 0 aromatic rings. The van der Waals surface area contributed by atoms with Crippen LogP contribution in [-0.2, 0) is 4.79 Å². The molecule has 0 aromatic heterocycles. The number of rotatable bonds is 4. The Morgan fingerprint density at radius 3 is 2.53 bits per heavy atom. The van der Waals surface area contributed by atoms with E-state index in [0.717, 1.165) is 32.5 Å². The number of hydrogen-bond donors (Lipinski definition) is 2. The lowest BCUT2D eigenvalue weighted by Crippen LogP contribution is -2.57. The fourth-order valence-corrected chi connectivity index (χ4v) is 2.09. The molecule has 1 aliphatic heterocycles. The van der Waals surface area contributed by atoms with Crippen molar-refractivity contribution in [3.63, 3.8) is 0 Å². The molecule has 1 amide bonds. The number of nitrogens with zero attached hydrogens (tertiary/aromatic N) is 1. The molecular weight excluding hydrogens is 190 g/mol. The van der Waals surface area contributed by atoms with Gasteiger partial charge in [0.05, 0.1) is 6.04 Å². The molecule has 15 heavy (non-hydrogen) atoms. The van der Waals surface area contributed by atoms with Gasteiger partial charge in [0.15, 0.2) is 0 Å². The Balaban J connectivity index is 2.49. The first-order valence-corrected chi connectivity index (χ1v) is 5.91. The van der Waals surface area contributed by atoms with E-state index in [4.69, 9.17) is 0 Å². The largest absolute Gasteiger partial charge is 0.341 e. The summed E-state index contributed by atoms with van der Waals surface area (Å²) < 4.78 is 0. The third-order valence-corrected chi connectivity index (χ3v) is 3.18. The average Bonchev–Trinajstić information content (AvgIpc) is 2.30. The molecule has 1 atom stereocenters. The van der Waals surface area contributed by atoms with Crippen molar-refractivity contribution in [2.75, 3.05) is 26.7 Å². The highest BCUT2D eigenvalue weighted by atomic mass is 16.2. The third-order valence-electron chi connectivity index (χ3n) is 3.18. The van der Waals surface area contributed by atoms with Crippen LogP contribution in [-0.4, -0.2) is 49.6 Å². The predicted molar refractivity (Wildman–Crippen MR) is 61.8 cm³/mol. The molecule has 0 saturated carbocycles. The quantitative estimate of drug-likeness (QED) is 0.701. The summed E-state index contributed by atoms with van der Waals surface area (Å²) in [4.78, 5) is 14.0. The second-order valence-corrected chi connectivity index (χ2v) is 4.13. The first-order chi connectivity index (χ1) is 7.20. The van der Waals surface area contributed by atoms with Crippen molar-refractivity contribution < 1.29 is 4.79 Å². The van der Waals surface area contributed by atoms with E-state index in [2.05, 4.69) is 24.5 Å². The monoisotopic (exact) mass is 213 g/mol. The maximum Gasteiger partial charge on any atom is 0.241 e. The predicted octanol–water partition coefficient (Wildman–Crippen LogP) is 0.195. The first kappa shape index (κ1) is 12.5. The Kier molecular flexibility index (Phi) is 5.05. The smallest absolute Gasteiger partial charge is 0.241 e. The maximum absolute atomic E-state index is 12.1. The standard InChI is InChI=1S/C11H23N3O/c1-4-9(5-2)14(3)11(15)10-8-12-6-7-13-10/h9-10,12-13H,4-8H2,1-3H3. The van der Waals surface area contributed by atoms with Crippen LogP contribution in [0.5, 0.6) is 0 Å². The molecular formula is C11H23N3O. The summed E-state index contributed by atoms with van der Waals surface area (Å²) in [6.45, 7) is 6.85. The van der Waals surface area contributed by atoms with Crippen LogP contribution in [0.2, 0.25) is 0 Å². The van der Waals surface area contributed by atoms with Crippen LogP contribution in [0.3, 0.4) is 0 Å². The highest BCUT2D eigenvalue weighted by Crippen LogP contribution is 2.08. The number of nitrogens with one attached hydrogen (secondary N) is 2. The summed E-state index contributed by atoms with van der Waals surface area (Å²) in [6, 6.07) is 0.338. The molecule has 1 saturated heterocycles. The summed E-state index contributed by atoms with van der Waals surface area (Å²) >= 11 is 0. The Bertz CT molecular complexity index is 198. The van der Waals surface area contributed by atoms with Gasteiger partial charge >= 0.3 is 0 Å². The van der Waals surface area contributed by atoms with Gasteiger partial charge in [-0.05, 0) is 12.8 Å². The molecule has 2 N–H and O–H groups in total. The lowest BCUT2D eigenvalue weighted by molar-refractivity contribution is -0.134. The summed E-state index contributed by atoms with van der Waals surface area (Å²) in [7, 11) is 1.91. The second kappa shape index (κ2) is 6.08. The Hall–Kier alpha value is -0.610. The van der Waals surface area contributed by atoms with Crippen molar-refractivity contribution >= 4 is 5.91 Å². The van der Waals surface area contributed by atoms with E-state index >= 15 is 0 Å². The fourth-order valence-electron chi connectivity index (χ4n) is 2.09. The van der Waals surface area contributed by atoms with Crippen molar-refractivity contribution in [1.82, 2.24) is 15.5 Å². The minimum atomic E-state index is -0.0376. The average molecular weight is 213 g/mol. The molecule has 88 valence electrons. The Morgan fingerprint density at radius 2 is 2.07 bits per heavy atom. The van der Waals surface area contributed by atoms with Gasteiger partial charge in [0.2, 0.25) is 5.91 Å². The van der Waals surface area contributed by atoms with Gasteiger partial charge in [0.25, 0.3) is 0 Å². The highest BCUT2D eigenvalue weighted by Gasteiger charge is 2.26. The van der Waals surface area contributed by atoms with E-state index in [1.165, 1.54) is 0 Å². The van der Waals surface area contributed by atoms with E-state index in [9.17, 15) is 4.79 Å². The van der Waals surface area contributed by atoms with Crippen LogP contribution in [0.15, 0.2) is 0 Å². The highest BCUT2D eigenvalue weighted by molar-refractivity contribution is 5.82. The summed E-state index contributed by atoms with van der Waals surface area (Å²) in [5.41, 5.74) is 0. The molecule has 0 bridgehead atoms. The van der Waals surface area contributed by atoms with Gasteiger partial charge in [-0.2, -0.15) is 0 Å². The number of carbonyl (C=O) groups is 1. The van der Waals surface area contributed by atoms with Crippen molar-refractivity contribution in [3.8, 4) is 0 Å². The van der Waals surface area contributed by atoms with Crippen molar-refractivity contribution in [2.45, 2.75) is 38.8 Å². The van der Waals surface area contributed by atoms with Crippen LogP contribution < -0.4 is 10.6 Å². The minimum Gasteiger partial charge on any atom is -0.341 e. The molecule has 0 spiro atoms. The van der Waals surface area contributed by atoms with Gasteiger partial charge in [0, 0.05) is 32.7 Å². The zero-order chi connectivity index (χ0) is 11.3. The third kappa shape index (κ3) is 3.18. The second-order valence-electron chi connectivity index (χ2n) is 4.13. The lowest BCUT2D eigenvalue weighted by Gasteiger charge is -2.32. The Labute approximate surface area is 92.4 Å². The first-order valence-electron chi connectivity index (χ1n) is 5.91. The molecule has 1 fully saturated rings. The van der Waals surface area contributed by atoms with Gasteiger partial charge in [0.1, 0.15) is 0 Å². The lowest BCUT2D eigenvalue weighted by atomic mass is 10.1. The maximum atomic E-state index is 12.1.